The number of hydrogen-bond acceptors (Lipinski definition) is 11. The van der Waals surface area contributed by atoms with Gasteiger partial charge in [-0.3, -0.25) is 0 Å². The molecule has 210 valence electrons. The first-order chi connectivity index (χ1) is 16.4. The molecular formula is C18H48O11Si6. The minimum atomic E-state index is -2.84. The van der Waals surface area contributed by atoms with Gasteiger partial charge in [0.15, 0.2) is 8.32 Å². The summed E-state index contributed by atoms with van der Waals surface area (Å²) in [5.74, 6) is 0. The predicted molar refractivity (Wildman–Crippen MR) is 146 cm³/mol. The van der Waals surface area contributed by atoms with E-state index in [9.17, 15) is 0 Å². The van der Waals surface area contributed by atoms with Crippen LogP contribution in [-0.2, 0) is 48.7 Å². The molecule has 0 saturated carbocycles. The predicted octanol–water partition coefficient (Wildman–Crippen LogP) is 2.13. The highest BCUT2D eigenvalue weighted by molar-refractivity contribution is 7.21. The Labute approximate surface area is 220 Å². The summed E-state index contributed by atoms with van der Waals surface area (Å²) < 4.78 is 64.8. The maximum absolute atomic E-state index is 7.02. The monoisotopic (exact) mass is 608 g/mol. The number of methoxy groups -OCH3 is 2. The van der Waals surface area contributed by atoms with Gasteiger partial charge in [0.25, 0.3) is 9.28 Å². The third kappa shape index (κ3) is 11.6. The maximum atomic E-state index is 7.02. The highest BCUT2D eigenvalue weighted by Gasteiger charge is 2.52. The first kappa shape index (κ1) is 35.9. The van der Waals surface area contributed by atoms with E-state index < -0.39 is 42.3 Å². The van der Waals surface area contributed by atoms with E-state index in [0.29, 0.717) is 30.6 Å². The lowest BCUT2D eigenvalue weighted by atomic mass is 10.9. The Balaban J connectivity index is 6.08. The molecule has 0 spiro atoms. The summed E-state index contributed by atoms with van der Waals surface area (Å²) in [5, 5.41) is 0. The van der Waals surface area contributed by atoms with Crippen LogP contribution in [0.1, 0.15) is 0 Å². The van der Waals surface area contributed by atoms with Crippen LogP contribution in [0.5, 0.6) is 0 Å². The Bertz CT molecular complexity index is 536. The number of rotatable bonds is 22. The Morgan fingerprint density at radius 2 is 0.914 bits per heavy atom. The molecule has 0 aliphatic heterocycles. The van der Waals surface area contributed by atoms with Crippen LogP contribution in [0.25, 0.3) is 0 Å². The van der Waals surface area contributed by atoms with Crippen molar-refractivity contribution in [2.24, 2.45) is 0 Å². The van der Waals surface area contributed by atoms with E-state index in [4.69, 9.17) is 48.7 Å². The van der Waals surface area contributed by atoms with Gasteiger partial charge in [-0.15, -0.1) is 0 Å². The number of hydrogen-bond donors (Lipinski definition) is 0. The molecule has 0 aromatic carbocycles. The minimum absolute atomic E-state index is 0.135. The van der Waals surface area contributed by atoms with Gasteiger partial charge in [0.1, 0.15) is 0 Å². The lowest BCUT2D eigenvalue weighted by molar-refractivity contribution is 0.124. The summed E-state index contributed by atoms with van der Waals surface area (Å²) >= 11 is 0. The van der Waals surface area contributed by atoms with Gasteiger partial charge in [-0.2, -0.15) is 0 Å². The second-order valence-electron chi connectivity index (χ2n) is 8.85. The third-order valence-corrected chi connectivity index (χ3v) is 27.6. The van der Waals surface area contributed by atoms with Crippen LogP contribution in [0.2, 0.25) is 43.8 Å². The molecule has 35 heavy (non-hydrogen) atoms. The summed E-state index contributed by atoms with van der Waals surface area (Å²) in [4.78, 5) is 0. The molecule has 2 radical (unpaired) electrons. The van der Waals surface area contributed by atoms with Gasteiger partial charge in [0.05, 0.1) is 12.5 Å². The minimum Gasteiger partial charge on any atom is -0.436 e. The fraction of sp³-hybridized carbons (Fsp3) is 1.00. The first-order valence-electron chi connectivity index (χ1n) is 11.4. The van der Waals surface area contributed by atoms with E-state index in [1.54, 1.807) is 64.0 Å². The van der Waals surface area contributed by atoms with Gasteiger partial charge < -0.3 is 48.7 Å². The molecular weight excluding hydrogens is 561 g/mol. The number of ether oxygens (including phenoxy) is 2. The summed E-state index contributed by atoms with van der Waals surface area (Å²) in [7, 11) is 1.62. The average Bonchev–Trinajstić information content (AvgIpc) is 2.82. The summed E-state index contributed by atoms with van der Waals surface area (Å²) in [6, 6.07) is 2.64. The van der Waals surface area contributed by atoms with Crippen molar-refractivity contribution in [2.45, 2.75) is 43.8 Å². The van der Waals surface area contributed by atoms with E-state index in [1.807, 2.05) is 0 Å². The molecule has 0 saturated heterocycles. The molecule has 0 aliphatic rings. The highest BCUT2D eigenvalue weighted by Crippen LogP contribution is 2.32. The van der Waals surface area contributed by atoms with Crippen molar-refractivity contribution in [2.75, 3.05) is 76.4 Å². The maximum Gasteiger partial charge on any atom is 0.500 e. The molecule has 0 N–H and O–H groups in total. The van der Waals surface area contributed by atoms with Gasteiger partial charge >= 0.3 is 26.2 Å². The molecule has 0 aromatic heterocycles. The van der Waals surface area contributed by atoms with E-state index in [1.165, 1.54) is 0 Å². The van der Waals surface area contributed by atoms with Crippen LogP contribution in [0.15, 0.2) is 0 Å². The molecule has 0 fully saturated rings. The van der Waals surface area contributed by atoms with Gasteiger partial charge in [-0.25, -0.2) is 0 Å². The smallest absolute Gasteiger partial charge is 0.436 e. The molecule has 0 heterocycles. The van der Waals surface area contributed by atoms with E-state index in [2.05, 4.69) is 19.6 Å². The SMILES string of the molecule is COC[Si](COC)(O[Si](C)(CC[Si](OC)(OC)OC)O[Si](C)(C)CC[Si](OC)(OC)OC)[Si]OC. The lowest BCUT2D eigenvalue weighted by Crippen LogP contribution is -2.64. The first-order valence-corrected chi connectivity index (χ1v) is 25.1. The van der Waals surface area contributed by atoms with Crippen molar-refractivity contribution >= 4 is 51.6 Å². The van der Waals surface area contributed by atoms with Crippen molar-refractivity contribution < 1.29 is 48.7 Å². The molecule has 1 atom stereocenters. The van der Waals surface area contributed by atoms with Crippen LogP contribution >= 0.6 is 0 Å². The van der Waals surface area contributed by atoms with Gasteiger partial charge in [-0.1, -0.05) is 0 Å². The van der Waals surface area contributed by atoms with Gasteiger partial charge in [0.2, 0.25) is 7.83 Å². The molecule has 0 bridgehead atoms. The van der Waals surface area contributed by atoms with Crippen molar-refractivity contribution in [3.63, 3.8) is 0 Å². The van der Waals surface area contributed by atoms with Crippen LogP contribution in [-0.4, -0.2) is 128 Å². The topological polar surface area (TPSA) is 102 Å². The molecule has 0 aliphatic carbocycles. The standard InChI is InChI=1S/C18H48O11Si6/c1-19-17-33(18-20-2,30-21-3)29-32(12,14-16-35(25-7,26-8)27-9)28-31(10,11)13-15-34(22-4,23-5)24-6/h13-18H2,1-12H3. The molecule has 0 amide bonds. The zero-order valence-corrected chi connectivity index (χ0v) is 29.7. The van der Waals surface area contributed by atoms with Crippen LogP contribution in [0.3, 0.4) is 0 Å². The summed E-state index contributed by atoms with van der Waals surface area (Å²) in [6.07, 6.45) is 0.880. The Hall–Kier alpha value is 0.861. The van der Waals surface area contributed by atoms with Crippen LogP contribution in [0, 0.1) is 0 Å². The van der Waals surface area contributed by atoms with Gasteiger partial charge in [0, 0.05) is 76.1 Å². The summed E-state index contributed by atoms with van der Waals surface area (Å²) in [5.41, 5.74) is 0. The normalized spacial score (nSPS) is 15.4. The van der Waals surface area contributed by atoms with Crippen molar-refractivity contribution in [3.05, 3.63) is 0 Å². The zero-order chi connectivity index (χ0) is 27.2. The Morgan fingerprint density at radius 3 is 1.26 bits per heavy atom. The van der Waals surface area contributed by atoms with E-state index in [0.717, 1.165) is 6.04 Å². The van der Waals surface area contributed by atoms with Gasteiger partial charge in [-0.05, 0) is 31.7 Å². The largest absolute Gasteiger partial charge is 0.500 e. The van der Waals surface area contributed by atoms with Crippen LogP contribution in [0.4, 0.5) is 0 Å². The Morgan fingerprint density at radius 1 is 0.514 bits per heavy atom. The molecule has 0 aromatic rings. The average molecular weight is 609 g/mol. The van der Waals surface area contributed by atoms with Crippen LogP contribution < -0.4 is 0 Å². The van der Waals surface area contributed by atoms with Crippen molar-refractivity contribution in [3.8, 4) is 0 Å². The highest BCUT2D eigenvalue weighted by atomic mass is 29.2. The third-order valence-electron chi connectivity index (χ3n) is 5.73. The van der Waals surface area contributed by atoms with Crippen molar-refractivity contribution in [1.82, 2.24) is 0 Å². The molecule has 1 unspecified atom stereocenters. The molecule has 11 nitrogen and oxygen atoms in total. The summed E-state index contributed by atoms with van der Waals surface area (Å²) in [6.45, 7) is 6.47. The Kier molecular flexibility index (Phi) is 17.2. The second-order valence-corrected chi connectivity index (χ2v) is 30.0. The van der Waals surface area contributed by atoms with E-state index in [-0.39, 0.29) is 9.28 Å². The molecule has 17 heteroatoms. The van der Waals surface area contributed by atoms with Crippen molar-refractivity contribution in [1.29, 1.82) is 0 Å². The lowest BCUT2D eigenvalue weighted by Gasteiger charge is -2.43. The fourth-order valence-electron chi connectivity index (χ4n) is 3.95. The zero-order valence-electron chi connectivity index (χ0n) is 23.7. The fourth-order valence-corrected chi connectivity index (χ4v) is 29.4. The second kappa shape index (κ2) is 16.7. The molecule has 0 rings (SSSR count). The quantitative estimate of drug-likeness (QED) is 0.169. The van der Waals surface area contributed by atoms with E-state index >= 15 is 0 Å².